The number of nitrogens with zero attached hydrogens (tertiary/aromatic N) is 3. The second kappa shape index (κ2) is 5.77. The summed E-state index contributed by atoms with van der Waals surface area (Å²) in [5.74, 6) is 0.524. The molecular weight excluding hydrogens is 206 g/mol. The van der Waals surface area contributed by atoms with Gasteiger partial charge in [0.2, 0.25) is 5.88 Å². The van der Waals surface area contributed by atoms with E-state index in [4.69, 9.17) is 9.84 Å². The van der Waals surface area contributed by atoms with Gasteiger partial charge in [0.1, 0.15) is 6.61 Å². The Morgan fingerprint density at radius 2 is 2.06 bits per heavy atom. The topological polar surface area (TPSA) is 58.5 Å². The molecule has 0 aliphatic carbocycles. The highest BCUT2D eigenvalue weighted by molar-refractivity contribution is 5.10. The van der Waals surface area contributed by atoms with Crippen LogP contribution in [-0.2, 0) is 6.61 Å². The summed E-state index contributed by atoms with van der Waals surface area (Å²) in [5.41, 5.74) is 0.562. The fourth-order valence-electron chi connectivity index (χ4n) is 1.79. The maximum atomic E-state index is 8.80. The van der Waals surface area contributed by atoms with Crippen molar-refractivity contribution in [3.8, 4) is 5.88 Å². The third kappa shape index (κ3) is 3.15. The fourth-order valence-corrected chi connectivity index (χ4v) is 1.79. The second-order valence-electron chi connectivity index (χ2n) is 3.92. The first-order chi connectivity index (χ1) is 7.88. The summed E-state index contributed by atoms with van der Waals surface area (Å²) in [5, 5.41) is 16.5. The minimum Gasteiger partial charge on any atom is -0.475 e. The molecule has 2 heterocycles. The number of ether oxygens (including phenoxy) is 1. The molecule has 1 saturated heterocycles. The van der Waals surface area contributed by atoms with Crippen molar-refractivity contribution in [2.75, 3.05) is 26.2 Å². The van der Waals surface area contributed by atoms with Crippen LogP contribution in [0.25, 0.3) is 0 Å². The quantitative estimate of drug-likeness (QED) is 0.785. The van der Waals surface area contributed by atoms with Gasteiger partial charge in [-0.2, -0.15) is 0 Å². The van der Waals surface area contributed by atoms with Crippen LogP contribution in [0.5, 0.6) is 5.88 Å². The monoisotopic (exact) mass is 223 g/mol. The number of rotatable bonds is 5. The van der Waals surface area contributed by atoms with E-state index in [0.29, 0.717) is 18.2 Å². The SMILES string of the molecule is OCc1ccc(OCCN2CCCC2)nn1. The van der Waals surface area contributed by atoms with Crippen LogP contribution in [-0.4, -0.2) is 46.4 Å². The number of hydrogen-bond acceptors (Lipinski definition) is 5. The first kappa shape index (κ1) is 11.3. The predicted molar refractivity (Wildman–Crippen MR) is 59.1 cm³/mol. The van der Waals surface area contributed by atoms with Gasteiger partial charge in [-0.3, -0.25) is 4.90 Å². The van der Waals surface area contributed by atoms with Crippen molar-refractivity contribution in [1.82, 2.24) is 15.1 Å². The normalized spacial score (nSPS) is 16.6. The van der Waals surface area contributed by atoms with Crippen LogP contribution in [0.3, 0.4) is 0 Å². The van der Waals surface area contributed by atoms with E-state index >= 15 is 0 Å². The average Bonchev–Trinajstić information content (AvgIpc) is 2.83. The van der Waals surface area contributed by atoms with E-state index in [0.717, 1.165) is 6.54 Å². The van der Waals surface area contributed by atoms with Gasteiger partial charge in [-0.15, -0.1) is 10.2 Å². The lowest BCUT2D eigenvalue weighted by Gasteiger charge is -2.14. The van der Waals surface area contributed by atoms with Crippen molar-refractivity contribution in [2.24, 2.45) is 0 Å². The molecule has 0 saturated carbocycles. The van der Waals surface area contributed by atoms with Crippen LogP contribution in [0.2, 0.25) is 0 Å². The van der Waals surface area contributed by atoms with Crippen molar-refractivity contribution in [3.05, 3.63) is 17.8 Å². The average molecular weight is 223 g/mol. The summed E-state index contributed by atoms with van der Waals surface area (Å²) in [6, 6.07) is 3.46. The van der Waals surface area contributed by atoms with Gasteiger partial charge >= 0.3 is 0 Å². The van der Waals surface area contributed by atoms with Crippen molar-refractivity contribution >= 4 is 0 Å². The molecule has 0 atom stereocenters. The Morgan fingerprint density at radius 3 is 2.69 bits per heavy atom. The predicted octanol–water partition coefficient (Wildman–Crippen LogP) is 0.444. The minimum atomic E-state index is -0.0823. The molecule has 1 N–H and O–H groups in total. The zero-order valence-electron chi connectivity index (χ0n) is 9.30. The largest absolute Gasteiger partial charge is 0.475 e. The van der Waals surface area contributed by atoms with Crippen molar-refractivity contribution in [1.29, 1.82) is 0 Å². The molecule has 88 valence electrons. The van der Waals surface area contributed by atoms with E-state index in [1.807, 2.05) is 0 Å². The third-order valence-corrected chi connectivity index (χ3v) is 2.71. The van der Waals surface area contributed by atoms with Crippen LogP contribution in [0.1, 0.15) is 18.5 Å². The summed E-state index contributed by atoms with van der Waals surface area (Å²) >= 11 is 0. The highest BCUT2D eigenvalue weighted by Crippen LogP contribution is 2.08. The van der Waals surface area contributed by atoms with Gasteiger partial charge in [0.15, 0.2) is 0 Å². The van der Waals surface area contributed by atoms with Gasteiger partial charge in [-0.1, -0.05) is 0 Å². The van der Waals surface area contributed by atoms with Crippen molar-refractivity contribution < 1.29 is 9.84 Å². The highest BCUT2D eigenvalue weighted by atomic mass is 16.5. The molecule has 0 bridgehead atoms. The minimum absolute atomic E-state index is 0.0823. The van der Waals surface area contributed by atoms with Crippen molar-refractivity contribution in [3.63, 3.8) is 0 Å². The Morgan fingerprint density at radius 1 is 1.25 bits per heavy atom. The van der Waals surface area contributed by atoms with E-state index in [2.05, 4.69) is 15.1 Å². The Balaban J connectivity index is 1.71. The summed E-state index contributed by atoms with van der Waals surface area (Å²) in [6.07, 6.45) is 2.59. The Labute approximate surface area is 95.1 Å². The Kier molecular flexibility index (Phi) is 4.07. The number of aromatic nitrogens is 2. The zero-order valence-corrected chi connectivity index (χ0v) is 9.30. The van der Waals surface area contributed by atoms with Gasteiger partial charge in [-0.05, 0) is 32.0 Å². The third-order valence-electron chi connectivity index (χ3n) is 2.71. The highest BCUT2D eigenvalue weighted by Gasteiger charge is 2.10. The van der Waals surface area contributed by atoms with Crippen LogP contribution in [0, 0.1) is 0 Å². The molecular formula is C11H17N3O2. The molecule has 16 heavy (non-hydrogen) atoms. The van der Waals surface area contributed by atoms with Gasteiger partial charge in [0.25, 0.3) is 0 Å². The van der Waals surface area contributed by atoms with Crippen LogP contribution >= 0.6 is 0 Å². The van der Waals surface area contributed by atoms with Gasteiger partial charge in [0, 0.05) is 12.6 Å². The smallest absolute Gasteiger partial charge is 0.233 e. The van der Waals surface area contributed by atoms with Crippen LogP contribution in [0.4, 0.5) is 0 Å². The summed E-state index contributed by atoms with van der Waals surface area (Å²) in [7, 11) is 0. The molecule has 0 spiro atoms. The Bertz CT molecular complexity index is 310. The lowest BCUT2D eigenvalue weighted by atomic mass is 10.4. The summed E-state index contributed by atoms with van der Waals surface area (Å²) in [6.45, 7) is 3.87. The van der Waals surface area contributed by atoms with E-state index in [1.165, 1.54) is 25.9 Å². The van der Waals surface area contributed by atoms with E-state index in [-0.39, 0.29) is 6.61 Å². The van der Waals surface area contributed by atoms with E-state index in [1.54, 1.807) is 12.1 Å². The summed E-state index contributed by atoms with van der Waals surface area (Å²) in [4.78, 5) is 2.38. The lowest BCUT2D eigenvalue weighted by Crippen LogP contribution is -2.25. The zero-order chi connectivity index (χ0) is 11.2. The molecule has 1 aliphatic heterocycles. The first-order valence-corrected chi connectivity index (χ1v) is 5.67. The molecule has 0 amide bonds. The van der Waals surface area contributed by atoms with E-state index < -0.39 is 0 Å². The number of aliphatic hydroxyl groups excluding tert-OH is 1. The molecule has 5 heteroatoms. The first-order valence-electron chi connectivity index (χ1n) is 5.67. The number of hydrogen-bond donors (Lipinski definition) is 1. The molecule has 2 rings (SSSR count). The maximum absolute atomic E-state index is 8.80. The molecule has 0 radical (unpaired) electrons. The van der Waals surface area contributed by atoms with Gasteiger partial charge in [0.05, 0.1) is 12.3 Å². The molecule has 5 nitrogen and oxygen atoms in total. The molecule has 1 aliphatic rings. The van der Waals surface area contributed by atoms with E-state index in [9.17, 15) is 0 Å². The molecule has 0 aromatic carbocycles. The van der Waals surface area contributed by atoms with Crippen LogP contribution < -0.4 is 4.74 Å². The maximum Gasteiger partial charge on any atom is 0.233 e. The number of likely N-dealkylation sites (tertiary alicyclic amines) is 1. The summed E-state index contributed by atoms with van der Waals surface area (Å²) < 4.78 is 5.47. The fraction of sp³-hybridized carbons (Fsp3) is 0.636. The molecule has 1 aromatic rings. The van der Waals surface area contributed by atoms with Gasteiger partial charge in [-0.25, -0.2) is 0 Å². The Hall–Kier alpha value is -1.20. The van der Waals surface area contributed by atoms with Crippen LogP contribution in [0.15, 0.2) is 12.1 Å². The molecule has 1 aromatic heterocycles. The van der Waals surface area contributed by atoms with Crippen molar-refractivity contribution in [2.45, 2.75) is 19.4 Å². The lowest BCUT2D eigenvalue weighted by molar-refractivity contribution is 0.229. The second-order valence-corrected chi connectivity index (χ2v) is 3.92. The molecule has 0 unspecified atom stereocenters. The van der Waals surface area contributed by atoms with Gasteiger partial charge < -0.3 is 9.84 Å². The number of aliphatic hydroxyl groups is 1. The standard InChI is InChI=1S/C11H17N3O2/c15-9-10-3-4-11(13-12-10)16-8-7-14-5-1-2-6-14/h3-4,15H,1-2,5-9H2. The molecule has 1 fully saturated rings.